The summed E-state index contributed by atoms with van der Waals surface area (Å²) in [4.78, 5) is 11.6. The van der Waals surface area contributed by atoms with Crippen molar-refractivity contribution in [2.45, 2.75) is 96.8 Å². The minimum Gasteiger partial charge on any atom is -0.466 e. The molecule has 2 N–H and O–H groups in total. The zero-order valence-corrected chi connectivity index (χ0v) is 16.0. The Morgan fingerprint density at radius 2 is 1.38 bits per heavy atom. The number of esters is 1. The van der Waals surface area contributed by atoms with Crippen LogP contribution in [0, 0.1) is 0 Å². The Hall–Kier alpha value is -0.610. The van der Waals surface area contributed by atoms with E-state index in [4.69, 9.17) is 9.84 Å². The molecule has 0 aromatic carbocycles. The summed E-state index contributed by atoms with van der Waals surface area (Å²) in [5, 5.41) is 11.8. The number of unbranched alkanes of at least 4 members (excludes halogenated alkanes) is 11. The topological polar surface area (TPSA) is 58.6 Å². The first-order valence-electron chi connectivity index (χ1n) is 10.3. The predicted molar refractivity (Wildman–Crippen MR) is 101 cm³/mol. The molecule has 0 spiro atoms. The van der Waals surface area contributed by atoms with Gasteiger partial charge in [0.1, 0.15) is 0 Å². The highest BCUT2D eigenvalue weighted by molar-refractivity contribution is 5.69. The fourth-order valence-electron chi connectivity index (χ4n) is 2.75. The number of carbonyl (C=O) groups is 1. The molecule has 4 nitrogen and oxygen atoms in total. The van der Waals surface area contributed by atoms with Crippen molar-refractivity contribution in [1.29, 1.82) is 0 Å². The molecule has 0 aliphatic rings. The summed E-state index contributed by atoms with van der Waals surface area (Å²) < 4.78 is 5.28. The lowest BCUT2D eigenvalue weighted by atomic mass is 10.1. The Morgan fingerprint density at radius 3 is 2.04 bits per heavy atom. The monoisotopic (exact) mass is 343 g/mol. The maximum atomic E-state index is 11.6. The van der Waals surface area contributed by atoms with Crippen LogP contribution in [0.2, 0.25) is 0 Å². The number of hydrogen-bond donors (Lipinski definition) is 2. The maximum Gasteiger partial charge on any atom is 0.305 e. The summed E-state index contributed by atoms with van der Waals surface area (Å²) in [6.07, 6.45) is 16.2. The smallest absolute Gasteiger partial charge is 0.305 e. The van der Waals surface area contributed by atoms with Gasteiger partial charge in [-0.2, -0.15) is 0 Å². The van der Waals surface area contributed by atoms with Crippen LogP contribution in [0.15, 0.2) is 0 Å². The first kappa shape index (κ1) is 23.4. The van der Waals surface area contributed by atoms with E-state index in [9.17, 15) is 4.79 Å². The molecular formula is C20H41NO3. The van der Waals surface area contributed by atoms with E-state index in [-0.39, 0.29) is 12.6 Å². The van der Waals surface area contributed by atoms with E-state index >= 15 is 0 Å². The van der Waals surface area contributed by atoms with Crippen LogP contribution in [-0.4, -0.2) is 37.4 Å². The summed E-state index contributed by atoms with van der Waals surface area (Å²) in [6, 6.07) is 0. The minimum absolute atomic E-state index is 0.0193. The standard InChI is InChI=1S/C20H41NO3/c1-2-3-4-5-8-11-14-19-24-20(23)15-12-9-6-7-10-13-16-21-17-18-22/h21-22H,2-19H2,1H3. The number of aliphatic hydroxyl groups is 1. The van der Waals surface area contributed by atoms with Crippen LogP contribution >= 0.6 is 0 Å². The molecule has 0 rings (SSSR count). The van der Waals surface area contributed by atoms with Crippen molar-refractivity contribution in [3.8, 4) is 0 Å². The summed E-state index contributed by atoms with van der Waals surface area (Å²) >= 11 is 0. The zero-order chi connectivity index (χ0) is 17.7. The van der Waals surface area contributed by atoms with Gasteiger partial charge in [0, 0.05) is 13.0 Å². The van der Waals surface area contributed by atoms with Gasteiger partial charge in [-0.25, -0.2) is 0 Å². The van der Waals surface area contributed by atoms with Gasteiger partial charge in [0.25, 0.3) is 0 Å². The Bertz CT molecular complexity index is 259. The fourth-order valence-corrected chi connectivity index (χ4v) is 2.75. The van der Waals surface area contributed by atoms with E-state index < -0.39 is 0 Å². The van der Waals surface area contributed by atoms with Gasteiger partial charge in [-0.3, -0.25) is 4.79 Å². The largest absolute Gasteiger partial charge is 0.466 e. The van der Waals surface area contributed by atoms with E-state index in [1.165, 1.54) is 64.2 Å². The SMILES string of the molecule is CCCCCCCCCOC(=O)CCCCCCCCNCCO. The second-order valence-corrected chi connectivity index (χ2v) is 6.69. The highest BCUT2D eigenvalue weighted by Crippen LogP contribution is 2.09. The Morgan fingerprint density at radius 1 is 0.792 bits per heavy atom. The second-order valence-electron chi connectivity index (χ2n) is 6.69. The van der Waals surface area contributed by atoms with Crippen LogP contribution in [0.5, 0.6) is 0 Å². The molecule has 0 aromatic heterocycles. The molecule has 4 heteroatoms. The number of aliphatic hydroxyl groups excluding tert-OH is 1. The summed E-state index contributed by atoms with van der Waals surface area (Å²) in [6.45, 7) is 4.74. The molecule has 0 radical (unpaired) electrons. The van der Waals surface area contributed by atoms with Gasteiger partial charge in [0.2, 0.25) is 0 Å². The Labute approximate surface area is 149 Å². The molecule has 0 fully saturated rings. The summed E-state index contributed by atoms with van der Waals surface area (Å²) in [7, 11) is 0. The quantitative estimate of drug-likeness (QED) is 0.266. The third kappa shape index (κ3) is 19.4. The molecule has 0 saturated carbocycles. The van der Waals surface area contributed by atoms with Crippen molar-refractivity contribution in [3.63, 3.8) is 0 Å². The number of carbonyl (C=O) groups excluding carboxylic acids is 1. The number of ether oxygens (including phenoxy) is 1. The highest BCUT2D eigenvalue weighted by Gasteiger charge is 2.02. The summed E-state index contributed by atoms with van der Waals surface area (Å²) in [5.74, 6) is -0.0193. The molecule has 0 aliphatic carbocycles. The third-order valence-corrected chi connectivity index (χ3v) is 4.28. The van der Waals surface area contributed by atoms with Crippen molar-refractivity contribution < 1.29 is 14.6 Å². The van der Waals surface area contributed by atoms with Crippen LogP contribution in [0.25, 0.3) is 0 Å². The molecule has 144 valence electrons. The Balaban J connectivity index is 3.13. The van der Waals surface area contributed by atoms with E-state index in [1.54, 1.807) is 0 Å². The summed E-state index contributed by atoms with van der Waals surface area (Å²) in [5.41, 5.74) is 0. The van der Waals surface area contributed by atoms with Crippen LogP contribution < -0.4 is 5.32 Å². The second kappa shape index (κ2) is 20.4. The predicted octanol–water partition coefficient (Wildman–Crippen LogP) is 4.59. The molecule has 0 unspecified atom stereocenters. The lowest BCUT2D eigenvalue weighted by molar-refractivity contribution is -0.143. The molecule has 0 amide bonds. The average Bonchev–Trinajstić information content (AvgIpc) is 2.59. The molecule has 0 aliphatic heterocycles. The molecule has 0 aromatic rings. The number of hydrogen-bond acceptors (Lipinski definition) is 4. The van der Waals surface area contributed by atoms with Crippen molar-refractivity contribution in [1.82, 2.24) is 5.32 Å². The van der Waals surface area contributed by atoms with Crippen molar-refractivity contribution in [2.24, 2.45) is 0 Å². The first-order valence-corrected chi connectivity index (χ1v) is 10.3. The van der Waals surface area contributed by atoms with Gasteiger partial charge in [-0.1, -0.05) is 71.1 Å². The van der Waals surface area contributed by atoms with Crippen LogP contribution in [-0.2, 0) is 9.53 Å². The van der Waals surface area contributed by atoms with E-state index in [0.717, 1.165) is 25.8 Å². The van der Waals surface area contributed by atoms with Crippen molar-refractivity contribution >= 4 is 5.97 Å². The number of nitrogens with one attached hydrogen (secondary N) is 1. The van der Waals surface area contributed by atoms with Gasteiger partial charge >= 0.3 is 5.97 Å². The lowest BCUT2D eigenvalue weighted by Crippen LogP contribution is -2.19. The van der Waals surface area contributed by atoms with Crippen molar-refractivity contribution in [2.75, 3.05) is 26.3 Å². The van der Waals surface area contributed by atoms with Gasteiger partial charge < -0.3 is 15.2 Å². The van der Waals surface area contributed by atoms with Crippen molar-refractivity contribution in [3.05, 3.63) is 0 Å². The van der Waals surface area contributed by atoms with Crippen LogP contribution in [0.4, 0.5) is 0 Å². The van der Waals surface area contributed by atoms with E-state index in [0.29, 0.717) is 19.6 Å². The van der Waals surface area contributed by atoms with Gasteiger partial charge in [0.15, 0.2) is 0 Å². The minimum atomic E-state index is -0.0193. The highest BCUT2D eigenvalue weighted by atomic mass is 16.5. The van der Waals surface area contributed by atoms with Gasteiger partial charge in [0.05, 0.1) is 13.2 Å². The molecule has 0 heterocycles. The van der Waals surface area contributed by atoms with Gasteiger partial charge in [-0.15, -0.1) is 0 Å². The third-order valence-electron chi connectivity index (χ3n) is 4.28. The Kier molecular flexibility index (Phi) is 19.9. The molecule has 24 heavy (non-hydrogen) atoms. The van der Waals surface area contributed by atoms with Gasteiger partial charge in [-0.05, 0) is 25.8 Å². The number of rotatable bonds is 19. The lowest BCUT2D eigenvalue weighted by Gasteiger charge is -2.05. The normalized spacial score (nSPS) is 10.9. The molecular weight excluding hydrogens is 302 g/mol. The molecule has 0 saturated heterocycles. The van der Waals surface area contributed by atoms with E-state index in [1.807, 2.05) is 0 Å². The average molecular weight is 344 g/mol. The maximum absolute atomic E-state index is 11.6. The fraction of sp³-hybridized carbons (Fsp3) is 0.950. The molecule has 0 bridgehead atoms. The van der Waals surface area contributed by atoms with Crippen LogP contribution in [0.3, 0.4) is 0 Å². The zero-order valence-electron chi connectivity index (χ0n) is 16.0. The molecule has 0 atom stereocenters. The van der Waals surface area contributed by atoms with Crippen LogP contribution in [0.1, 0.15) is 96.8 Å². The first-order chi connectivity index (χ1) is 11.8. The van der Waals surface area contributed by atoms with E-state index in [2.05, 4.69) is 12.2 Å².